The Balaban J connectivity index is 1.09. The van der Waals surface area contributed by atoms with Crippen molar-refractivity contribution in [1.29, 1.82) is 0 Å². The predicted molar refractivity (Wildman–Crippen MR) is 304 cm³/mol. The summed E-state index contributed by atoms with van der Waals surface area (Å²) in [6.07, 6.45) is 3.03. The van der Waals surface area contributed by atoms with Crippen LogP contribution >= 0.6 is 0 Å². The number of aromatic nitrogens is 2. The van der Waals surface area contributed by atoms with Crippen molar-refractivity contribution >= 4 is 63.0 Å². The molecule has 3 aromatic carbocycles. The van der Waals surface area contributed by atoms with Crippen LogP contribution in [0.3, 0.4) is 0 Å². The molecule has 2 aliphatic rings. The Morgan fingerprint density at radius 2 is 1.56 bits per heavy atom. The van der Waals surface area contributed by atoms with E-state index in [4.69, 9.17) is 15.5 Å². The number of carbonyl (C=O) groups excluding carboxylic acids is 8. The summed E-state index contributed by atoms with van der Waals surface area (Å²) < 4.78 is 77.4. The number of hydrogen-bond acceptors (Lipinski definition) is 13. The fraction of sp³-hybridized carbons (Fsp3) is 0.475. The second-order valence-corrected chi connectivity index (χ2v) is 23.8. The van der Waals surface area contributed by atoms with Gasteiger partial charge in [0.1, 0.15) is 46.7 Å². The normalized spacial score (nSPS) is 15.9. The van der Waals surface area contributed by atoms with E-state index in [0.717, 1.165) is 28.7 Å². The highest BCUT2D eigenvalue weighted by Crippen LogP contribution is 2.39. The minimum Gasteiger partial charge on any atom is -0.445 e. The van der Waals surface area contributed by atoms with Gasteiger partial charge in [-0.3, -0.25) is 33.7 Å². The Bertz CT molecular complexity index is 3080. The Morgan fingerprint density at radius 1 is 0.869 bits per heavy atom. The minimum absolute atomic E-state index is 0.0246. The van der Waals surface area contributed by atoms with E-state index in [-0.39, 0.29) is 136 Å². The van der Waals surface area contributed by atoms with E-state index in [1.54, 1.807) is 42.7 Å². The molecule has 0 aliphatic carbocycles. The topological polar surface area (TPSA) is 299 Å². The van der Waals surface area contributed by atoms with Gasteiger partial charge in [-0.05, 0) is 105 Å². The van der Waals surface area contributed by atoms with Crippen LogP contribution in [0.2, 0.25) is 0 Å². The number of unbranched alkanes of at least 4 members (excludes halogenated alkanes) is 2. The van der Waals surface area contributed by atoms with Crippen LogP contribution < -0.4 is 27.0 Å². The average Bonchev–Trinajstić information content (AvgIpc) is 2.30. The van der Waals surface area contributed by atoms with Gasteiger partial charge in [-0.25, -0.2) is 36.2 Å². The highest BCUT2D eigenvalue weighted by molar-refractivity contribution is 7.91. The smallest absolute Gasteiger partial charge is 0.407 e. The SMILES string of the molecule is CC(C)[C@H](NC(=O)CCCCCN1C(=O)C=CC1=O)C(=O)C[C@@H](CCCNC(N)=O)C(=O)Nc1ccc(COC(=O)N[C@H](CF)CCN(C(=O)[C@H](C)O)[C@@H](c2nc(-c3cc(F)ccc3F)cn2Cc2ccccc2)C2CCS(=O)(=O)CC2)cc1. The molecule has 4 aromatic rings. The summed E-state index contributed by atoms with van der Waals surface area (Å²) in [4.78, 5) is 110. The maximum Gasteiger partial charge on any atom is 0.407 e. The summed E-state index contributed by atoms with van der Waals surface area (Å²) in [5, 5.41) is 21.4. The zero-order chi connectivity index (χ0) is 61.1. The first-order valence-corrected chi connectivity index (χ1v) is 29.9. The van der Waals surface area contributed by atoms with Crippen LogP contribution in [0.1, 0.15) is 108 Å². The molecule has 1 saturated heterocycles. The maximum absolute atomic E-state index is 15.3. The number of anilines is 1. The number of alkyl carbamates (subject to hydrolysis) is 1. The summed E-state index contributed by atoms with van der Waals surface area (Å²) in [6, 6.07) is 14.2. The average molecular weight is 1190 g/mol. The number of halogens is 3. The van der Waals surface area contributed by atoms with E-state index in [0.29, 0.717) is 30.5 Å². The minimum atomic E-state index is -3.45. The number of nitrogens with one attached hydrogen (secondary N) is 4. The first-order valence-electron chi connectivity index (χ1n) is 28.1. The molecule has 21 nitrogen and oxygen atoms in total. The van der Waals surface area contributed by atoms with E-state index < -0.39 is 88.2 Å². The van der Waals surface area contributed by atoms with Gasteiger partial charge in [0.15, 0.2) is 5.78 Å². The van der Waals surface area contributed by atoms with E-state index in [1.165, 1.54) is 42.3 Å². The third kappa shape index (κ3) is 19.3. The van der Waals surface area contributed by atoms with Crippen molar-refractivity contribution < 1.29 is 69.8 Å². The van der Waals surface area contributed by atoms with Crippen LogP contribution in [0, 0.1) is 29.4 Å². The number of hydrogen-bond donors (Lipinski definition) is 6. The van der Waals surface area contributed by atoms with Gasteiger partial charge in [-0.1, -0.05) is 62.7 Å². The van der Waals surface area contributed by atoms with Crippen molar-refractivity contribution in [1.82, 2.24) is 35.3 Å². The number of urea groups is 1. The lowest BCUT2D eigenvalue weighted by molar-refractivity contribution is -0.144. The van der Waals surface area contributed by atoms with Gasteiger partial charge in [0.25, 0.3) is 17.7 Å². The number of benzene rings is 3. The molecule has 7 N–H and O–H groups in total. The van der Waals surface area contributed by atoms with Gasteiger partial charge < -0.3 is 46.3 Å². The fourth-order valence-corrected chi connectivity index (χ4v) is 11.7. The number of carbonyl (C=O) groups is 8. The van der Waals surface area contributed by atoms with E-state index in [2.05, 4.69) is 21.3 Å². The quantitative estimate of drug-likeness (QED) is 0.0242. The number of aliphatic hydroxyl groups excluding tert-OH is 1. The van der Waals surface area contributed by atoms with Crippen LogP contribution in [0.5, 0.6) is 0 Å². The van der Waals surface area contributed by atoms with Crippen molar-refractivity contribution in [2.75, 3.05) is 43.1 Å². The third-order valence-electron chi connectivity index (χ3n) is 14.7. The molecule has 0 saturated carbocycles. The number of ketones is 1. The second-order valence-electron chi connectivity index (χ2n) is 21.5. The number of rotatable bonds is 31. The highest BCUT2D eigenvalue weighted by Gasteiger charge is 2.40. The van der Waals surface area contributed by atoms with Gasteiger partial charge in [0.05, 0.1) is 35.3 Å². The lowest BCUT2D eigenvalue weighted by Crippen LogP contribution is -2.48. The predicted octanol–water partition coefficient (Wildman–Crippen LogP) is 6.20. The molecule has 0 radical (unpaired) electrons. The van der Waals surface area contributed by atoms with Crippen LogP contribution in [0.4, 0.5) is 28.4 Å². The molecule has 2 aliphatic heterocycles. The van der Waals surface area contributed by atoms with Gasteiger partial charge in [0.2, 0.25) is 11.8 Å². The monoisotopic (exact) mass is 1190 g/mol. The molecule has 0 spiro atoms. The van der Waals surface area contributed by atoms with Crippen molar-refractivity contribution in [3.05, 3.63) is 120 Å². The molecule has 1 fully saturated rings. The van der Waals surface area contributed by atoms with E-state index >= 15 is 4.39 Å². The molecule has 6 rings (SSSR count). The molecule has 25 heteroatoms. The van der Waals surface area contributed by atoms with E-state index in [1.807, 2.05) is 18.2 Å². The summed E-state index contributed by atoms with van der Waals surface area (Å²) in [7, 11) is -3.45. The number of Topliss-reactive ketones (excluding diaryl/α,β-unsaturated/α-hetero) is 1. The van der Waals surface area contributed by atoms with E-state index in [9.17, 15) is 60.7 Å². The Labute approximate surface area is 486 Å². The number of nitrogens with two attached hydrogens (primary N) is 1. The summed E-state index contributed by atoms with van der Waals surface area (Å²) in [5.74, 6) is -6.42. The summed E-state index contributed by atoms with van der Waals surface area (Å²) in [5.41, 5.74) is 6.64. The van der Waals surface area contributed by atoms with Crippen LogP contribution in [0.25, 0.3) is 11.3 Å². The lowest BCUT2D eigenvalue weighted by Gasteiger charge is -2.39. The van der Waals surface area contributed by atoms with Crippen molar-refractivity contribution in [3.8, 4) is 11.3 Å². The molecule has 84 heavy (non-hydrogen) atoms. The van der Waals surface area contributed by atoms with Crippen LogP contribution in [-0.4, -0.2) is 136 Å². The molecule has 454 valence electrons. The number of aliphatic hydroxyl groups is 1. The van der Waals surface area contributed by atoms with Gasteiger partial charge in [-0.15, -0.1) is 0 Å². The van der Waals surface area contributed by atoms with Crippen LogP contribution in [0.15, 0.2) is 91.1 Å². The first kappa shape index (κ1) is 65.2. The highest BCUT2D eigenvalue weighted by atomic mass is 32.2. The Kier molecular flexibility index (Phi) is 24.2. The molecule has 1 aromatic heterocycles. The molecule has 5 atom stereocenters. The van der Waals surface area contributed by atoms with Crippen molar-refractivity contribution in [2.45, 2.75) is 122 Å². The van der Waals surface area contributed by atoms with Crippen molar-refractivity contribution in [3.63, 3.8) is 0 Å². The molecule has 3 heterocycles. The third-order valence-corrected chi connectivity index (χ3v) is 16.4. The number of alkyl halides is 1. The number of amides is 8. The Morgan fingerprint density at radius 3 is 2.20 bits per heavy atom. The number of primary amides is 1. The zero-order valence-electron chi connectivity index (χ0n) is 47.3. The number of imidazole rings is 1. The number of sulfone groups is 1. The van der Waals surface area contributed by atoms with Gasteiger partial charge >= 0.3 is 12.1 Å². The molecular formula is C59H74F3N9O12S. The van der Waals surface area contributed by atoms with Gasteiger partial charge in [0, 0.05) is 74.5 Å². The second kappa shape index (κ2) is 31.1. The molecule has 8 amide bonds. The summed E-state index contributed by atoms with van der Waals surface area (Å²) in [6.45, 7) is 3.56. The number of nitrogens with zero attached hydrogens (tertiary/aromatic N) is 4. The fourth-order valence-electron chi connectivity index (χ4n) is 10.1. The Hall–Kier alpha value is -7.93. The van der Waals surface area contributed by atoms with Crippen LogP contribution in [-0.2, 0) is 56.5 Å². The van der Waals surface area contributed by atoms with Crippen molar-refractivity contribution in [2.24, 2.45) is 23.5 Å². The molecule has 0 bridgehead atoms. The summed E-state index contributed by atoms with van der Waals surface area (Å²) >= 11 is 0. The maximum atomic E-state index is 15.3. The lowest BCUT2D eigenvalue weighted by atomic mass is 9.89. The standard InChI is InChI=1S/C59H74F3N9O12S/c1-37(2)53(68-50(74)14-8-5-9-27-70-51(75)21-22-52(70)76)49(73)31-42(13-10-26-64-58(63)79)56(77)65-44-18-15-40(16-19-44)36-83-59(80)66-45(33-60)23-28-71(57(78)38(3)72)54(41-24-29-84(81,82)30-25-41)55-67-48(46-32-43(61)17-20-47(46)62)35-69(55)34-39-11-6-4-7-12-39/h4,6-7,11-12,15-22,32,35,37-38,41-42,45,53-54,72H,5,8-10,13-14,23-31,33-34,36H2,1-3H3,(H,65,77)(H,66,80)(H,68,74)(H3,63,64,79)/t38-,42+,45-,53-,54+/m0/s1. The first-order chi connectivity index (χ1) is 40.0. The van der Waals surface area contributed by atoms with Gasteiger partial charge in [-0.2, -0.15) is 0 Å². The zero-order valence-corrected chi connectivity index (χ0v) is 48.1. The molecular weight excluding hydrogens is 1120 g/mol. The number of ether oxygens (including phenoxy) is 1. The largest absolute Gasteiger partial charge is 0.445 e. The molecule has 0 unspecified atom stereocenters. The number of imide groups is 1.